The van der Waals surface area contributed by atoms with Crippen molar-refractivity contribution in [3.8, 4) is 0 Å². The van der Waals surface area contributed by atoms with Crippen molar-refractivity contribution in [3.05, 3.63) is 42.7 Å². The summed E-state index contributed by atoms with van der Waals surface area (Å²) in [4.78, 5) is 0. The fourth-order valence-corrected chi connectivity index (χ4v) is 1.35. The minimum absolute atomic E-state index is 0.642. The molecule has 0 saturated carbocycles. The molecule has 2 rings (SSSR count). The van der Waals surface area contributed by atoms with Gasteiger partial charge in [0.05, 0.1) is 12.1 Å². The van der Waals surface area contributed by atoms with Crippen LogP contribution in [0.3, 0.4) is 0 Å². The first-order valence-electron chi connectivity index (χ1n) is 4.56. The minimum Gasteiger partial charge on any atom is -0.494 e. The molecular weight excluding hydrogens is 176 g/mol. The van der Waals surface area contributed by atoms with Crippen LogP contribution in [0.2, 0.25) is 0 Å². The van der Waals surface area contributed by atoms with Gasteiger partial charge in [-0.25, -0.2) is 4.52 Å². The van der Waals surface area contributed by atoms with Gasteiger partial charge in [0, 0.05) is 18.0 Å². The number of rotatable bonds is 3. The van der Waals surface area contributed by atoms with Gasteiger partial charge in [0.1, 0.15) is 5.76 Å². The van der Waals surface area contributed by atoms with E-state index in [9.17, 15) is 0 Å². The maximum atomic E-state index is 5.33. The van der Waals surface area contributed by atoms with E-state index in [1.54, 1.807) is 6.20 Å². The second kappa shape index (κ2) is 3.54. The van der Waals surface area contributed by atoms with Crippen LogP contribution < -0.4 is 0 Å². The minimum atomic E-state index is 0.642. The molecule has 0 saturated heterocycles. The predicted octanol–water partition coefficient (Wildman–Crippen LogP) is 2.34. The molecule has 0 aliphatic rings. The van der Waals surface area contributed by atoms with Crippen LogP contribution in [0.4, 0.5) is 0 Å². The molecule has 3 nitrogen and oxygen atoms in total. The molecule has 0 fully saturated rings. The summed E-state index contributed by atoms with van der Waals surface area (Å²) < 4.78 is 7.14. The van der Waals surface area contributed by atoms with Crippen LogP contribution in [-0.2, 0) is 4.74 Å². The Bertz CT molecular complexity index is 459. The summed E-state index contributed by atoms with van der Waals surface area (Å²) in [6, 6.07) is 5.89. The van der Waals surface area contributed by atoms with Crippen molar-refractivity contribution in [2.24, 2.45) is 0 Å². The molecule has 0 spiro atoms. The number of hydrogen-bond donors (Lipinski definition) is 0. The largest absolute Gasteiger partial charge is 0.494 e. The molecule has 0 aliphatic heterocycles. The Balaban J connectivity index is 2.38. The molecule has 0 unspecified atom stereocenters. The Morgan fingerprint density at radius 2 is 2.43 bits per heavy atom. The predicted molar refractivity (Wildman–Crippen MR) is 55.9 cm³/mol. The molecule has 2 aromatic heterocycles. The molecule has 0 aromatic carbocycles. The van der Waals surface area contributed by atoms with Gasteiger partial charge >= 0.3 is 0 Å². The zero-order chi connectivity index (χ0) is 9.97. The highest BCUT2D eigenvalue weighted by Crippen LogP contribution is 2.15. The van der Waals surface area contributed by atoms with Crippen LogP contribution in [-0.4, -0.2) is 16.2 Å². The van der Waals surface area contributed by atoms with E-state index in [4.69, 9.17) is 4.74 Å². The average Bonchev–Trinajstić information content (AvgIpc) is 2.64. The van der Waals surface area contributed by atoms with Gasteiger partial charge in [-0.05, 0) is 25.1 Å². The molecular formula is C11H12N2O. The lowest BCUT2D eigenvalue weighted by molar-refractivity contribution is 0.299. The molecule has 0 bridgehead atoms. The van der Waals surface area contributed by atoms with Crippen LogP contribution >= 0.6 is 0 Å². The van der Waals surface area contributed by atoms with Gasteiger partial charge in [-0.15, -0.1) is 0 Å². The number of fused-ring (bicyclic) bond motifs is 1. The number of pyridine rings is 1. The Morgan fingerprint density at radius 3 is 3.21 bits per heavy atom. The molecule has 0 N–H and O–H groups in total. The lowest BCUT2D eigenvalue weighted by Gasteiger charge is -2.06. The number of ether oxygens (including phenoxy) is 1. The van der Waals surface area contributed by atoms with E-state index in [1.165, 1.54) is 0 Å². The van der Waals surface area contributed by atoms with Crippen molar-refractivity contribution in [1.82, 2.24) is 9.61 Å². The van der Waals surface area contributed by atoms with Crippen molar-refractivity contribution in [2.75, 3.05) is 6.61 Å². The summed E-state index contributed by atoms with van der Waals surface area (Å²) in [5.74, 6) is 0.705. The van der Waals surface area contributed by atoms with E-state index >= 15 is 0 Å². The maximum Gasteiger partial charge on any atom is 0.119 e. The van der Waals surface area contributed by atoms with Gasteiger partial charge in [0.25, 0.3) is 0 Å². The Labute approximate surface area is 82.6 Å². The second-order valence-corrected chi connectivity index (χ2v) is 2.97. The summed E-state index contributed by atoms with van der Waals surface area (Å²) in [5, 5.41) is 4.11. The van der Waals surface area contributed by atoms with Gasteiger partial charge in [0.2, 0.25) is 0 Å². The van der Waals surface area contributed by atoms with Crippen LogP contribution in [0, 0.1) is 0 Å². The summed E-state index contributed by atoms with van der Waals surface area (Å²) in [7, 11) is 0. The Morgan fingerprint density at radius 1 is 1.57 bits per heavy atom. The molecule has 0 amide bonds. The third-order valence-electron chi connectivity index (χ3n) is 2.04. The fraction of sp³-hybridized carbons (Fsp3) is 0.182. The third-order valence-corrected chi connectivity index (χ3v) is 2.04. The molecule has 3 heteroatoms. The maximum absolute atomic E-state index is 5.33. The van der Waals surface area contributed by atoms with Crippen molar-refractivity contribution in [2.45, 2.75) is 6.92 Å². The van der Waals surface area contributed by atoms with Gasteiger partial charge in [-0.2, -0.15) is 5.10 Å². The van der Waals surface area contributed by atoms with Crippen molar-refractivity contribution in [1.29, 1.82) is 0 Å². The van der Waals surface area contributed by atoms with Crippen LogP contribution in [0.1, 0.15) is 12.5 Å². The van der Waals surface area contributed by atoms with Crippen molar-refractivity contribution >= 4 is 11.3 Å². The highest BCUT2D eigenvalue weighted by Gasteiger charge is 2.00. The SMILES string of the molecule is C=C(OCC)c1ccn2nccc2c1. The summed E-state index contributed by atoms with van der Waals surface area (Å²) >= 11 is 0. The van der Waals surface area contributed by atoms with E-state index in [-0.39, 0.29) is 0 Å². The van der Waals surface area contributed by atoms with Gasteiger partial charge in [-0.3, -0.25) is 0 Å². The third kappa shape index (κ3) is 1.48. The Kier molecular flexibility index (Phi) is 2.23. The van der Waals surface area contributed by atoms with Crippen LogP contribution in [0.5, 0.6) is 0 Å². The monoisotopic (exact) mass is 188 g/mol. The fourth-order valence-electron chi connectivity index (χ4n) is 1.35. The first kappa shape index (κ1) is 8.81. The average molecular weight is 188 g/mol. The van der Waals surface area contributed by atoms with Gasteiger partial charge in [0.15, 0.2) is 0 Å². The quantitative estimate of drug-likeness (QED) is 0.691. The normalized spacial score (nSPS) is 10.4. The lowest BCUT2D eigenvalue weighted by Crippen LogP contribution is -1.92. The molecule has 2 heterocycles. The van der Waals surface area contributed by atoms with E-state index in [0.717, 1.165) is 11.1 Å². The molecule has 14 heavy (non-hydrogen) atoms. The number of nitrogens with zero attached hydrogens (tertiary/aromatic N) is 2. The number of hydrogen-bond acceptors (Lipinski definition) is 2. The topological polar surface area (TPSA) is 26.5 Å². The highest BCUT2D eigenvalue weighted by molar-refractivity contribution is 5.63. The first-order chi connectivity index (χ1) is 6.81. The molecule has 0 radical (unpaired) electrons. The summed E-state index contributed by atoms with van der Waals surface area (Å²) in [6.07, 6.45) is 3.66. The van der Waals surface area contributed by atoms with Crippen LogP contribution in [0.15, 0.2) is 37.2 Å². The molecule has 0 aliphatic carbocycles. The van der Waals surface area contributed by atoms with Crippen molar-refractivity contribution in [3.63, 3.8) is 0 Å². The smallest absolute Gasteiger partial charge is 0.119 e. The van der Waals surface area contributed by atoms with Gasteiger partial charge in [-0.1, -0.05) is 6.58 Å². The molecule has 72 valence electrons. The van der Waals surface area contributed by atoms with E-state index in [2.05, 4.69) is 11.7 Å². The van der Waals surface area contributed by atoms with Gasteiger partial charge < -0.3 is 4.74 Å². The first-order valence-corrected chi connectivity index (χ1v) is 4.56. The summed E-state index contributed by atoms with van der Waals surface area (Å²) in [6.45, 7) is 6.44. The zero-order valence-corrected chi connectivity index (χ0v) is 8.10. The van der Waals surface area contributed by atoms with E-state index in [0.29, 0.717) is 12.4 Å². The zero-order valence-electron chi connectivity index (χ0n) is 8.10. The van der Waals surface area contributed by atoms with E-state index in [1.807, 2.05) is 35.8 Å². The standard InChI is InChI=1S/C11H12N2O/c1-3-14-9(2)10-5-7-13-11(8-10)4-6-12-13/h4-8H,2-3H2,1H3. The molecule has 0 atom stereocenters. The summed E-state index contributed by atoms with van der Waals surface area (Å²) in [5.41, 5.74) is 2.04. The van der Waals surface area contributed by atoms with Crippen molar-refractivity contribution < 1.29 is 4.74 Å². The lowest BCUT2D eigenvalue weighted by atomic mass is 10.2. The molecule has 2 aromatic rings. The Hall–Kier alpha value is -1.77. The number of aromatic nitrogens is 2. The van der Waals surface area contributed by atoms with E-state index < -0.39 is 0 Å². The second-order valence-electron chi connectivity index (χ2n) is 2.97. The highest BCUT2D eigenvalue weighted by atomic mass is 16.5. The van der Waals surface area contributed by atoms with Crippen LogP contribution in [0.25, 0.3) is 11.3 Å².